The molecule has 0 aliphatic carbocycles. The summed E-state index contributed by atoms with van der Waals surface area (Å²) in [6.45, 7) is 7.13. The van der Waals surface area contributed by atoms with E-state index in [2.05, 4.69) is 55.8 Å². The smallest absolute Gasteiger partial charge is 0.136 e. The van der Waals surface area contributed by atoms with Crippen LogP contribution in [0.15, 0.2) is 60.9 Å². The zero-order chi connectivity index (χ0) is 14.8. The summed E-state index contributed by atoms with van der Waals surface area (Å²) in [4.78, 5) is 2.33. The number of rotatable bonds is 1. The molecule has 1 unspecified atom stereocenters. The first-order chi connectivity index (χ1) is 10.2. The molecule has 2 aliphatic heterocycles. The summed E-state index contributed by atoms with van der Waals surface area (Å²) < 4.78 is 6.11. The van der Waals surface area contributed by atoms with Gasteiger partial charge in [0.2, 0.25) is 0 Å². The zero-order valence-corrected chi connectivity index (χ0v) is 12.7. The Hall–Kier alpha value is -2.06. The largest absolute Gasteiger partial charge is 0.457 e. The third kappa shape index (κ3) is 2.72. The summed E-state index contributed by atoms with van der Waals surface area (Å²) in [5, 5.41) is 0. The first-order valence-electron chi connectivity index (χ1n) is 7.36. The summed E-state index contributed by atoms with van der Waals surface area (Å²) >= 11 is 0. The maximum absolute atomic E-state index is 6.11. The molecular formula is C19H21NO. The fourth-order valence-electron chi connectivity index (χ4n) is 2.93. The van der Waals surface area contributed by atoms with Crippen LogP contribution in [0.3, 0.4) is 0 Å². The van der Waals surface area contributed by atoms with Crippen molar-refractivity contribution in [3.63, 3.8) is 0 Å². The Morgan fingerprint density at radius 2 is 2.10 bits per heavy atom. The van der Waals surface area contributed by atoms with Crippen LogP contribution in [0, 0.1) is 6.92 Å². The third-order valence-corrected chi connectivity index (χ3v) is 4.08. The Labute approximate surface area is 126 Å². The fraction of sp³-hybridized carbons (Fsp3) is 0.263. The molecule has 0 fully saturated rings. The van der Waals surface area contributed by atoms with Gasteiger partial charge in [-0.1, -0.05) is 49.1 Å². The Bertz CT molecular complexity index is 652. The van der Waals surface area contributed by atoms with E-state index in [1.807, 2.05) is 18.2 Å². The first kappa shape index (κ1) is 13.9. The molecule has 2 heterocycles. The number of likely N-dealkylation sites (N-methyl/N-ethyl adjacent to an activating group) is 1. The molecule has 0 N–H and O–H groups in total. The van der Waals surface area contributed by atoms with Crippen molar-refractivity contribution in [3.05, 3.63) is 77.6 Å². The highest BCUT2D eigenvalue weighted by Crippen LogP contribution is 2.38. The normalized spacial score (nSPS) is 24.7. The maximum Gasteiger partial charge on any atom is 0.136 e. The molecule has 0 radical (unpaired) electrons. The van der Waals surface area contributed by atoms with Gasteiger partial charge >= 0.3 is 0 Å². The van der Waals surface area contributed by atoms with Crippen LogP contribution in [0.2, 0.25) is 0 Å². The number of hydrogen-bond donors (Lipinski definition) is 0. The lowest BCUT2D eigenvalue weighted by Crippen LogP contribution is -2.20. The number of ether oxygens (including phenoxy) is 1. The van der Waals surface area contributed by atoms with Crippen molar-refractivity contribution in [3.8, 4) is 5.75 Å². The van der Waals surface area contributed by atoms with E-state index in [0.29, 0.717) is 5.76 Å². The number of nitrogens with zero attached hydrogens (tertiary/aromatic N) is 1. The Kier molecular flexibility index (Phi) is 3.80. The Balaban J connectivity index is 2.14. The molecule has 0 saturated heterocycles. The number of benzene rings is 1. The first-order valence-corrected chi connectivity index (χ1v) is 7.36. The molecule has 1 aromatic carbocycles. The molecule has 21 heavy (non-hydrogen) atoms. The molecule has 2 aliphatic rings. The number of fused-ring (bicyclic) bond motifs is 1. The van der Waals surface area contributed by atoms with E-state index in [-0.39, 0.29) is 6.04 Å². The van der Waals surface area contributed by atoms with Gasteiger partial charge in [0.25, 0.3) is 0 Å². The standard InChI is InChI=1S/C19H21NO/c1-14-11-12-16-9-6-4-5-8-15(2)21-19(16)18(14)17-10-7-13-20(17)3/h4-8,10-12,17H,2,9,13H2,1,3H3/b6-4-,8-5-. The molecule has 0 saturated carbocycles. The Morgan fingerprint density at radius 3 is 2.86 bits per heavy atom. The third-order valence-electron chi connectivity index (χ3n) is 4.08. The monoisotopic (exact) mass is 279 g/mol. The average molecular weight is 279 g/mol. The molecular weight excluding hydrogens is 258 g/mol. The van der Waals surface area contributed by atoms with Crippen molar-refractivity contribution in [2.45, 2.75) is 19.4 Å². The van der Waals surface area contributed by atoms with E-state index in [4.69, 9.17) is 4.74 Å². The van der Waals surface area contributed by atoms with Gasteiger partial charge in [0.15, 0.2) is 0 Å². The number of aryl methyl sites for hydroxylation is 1. The molecule has 1 aromatic rings. The van der Waals surface area contributed by atoms with E-state index in [1.165, 1.54) is 16.7 Å². The lowest BCUT2D eigenvalue weighted by molar-refractivity contribution is 0.328. The summed E-state index contributed by atoms with van der Waals surface area (Å²) in [6.07, 6.45) is 13.4. The van der Waals surface area contributed by atoms with Gasteiger partial charge in [0.1, 0.15) is 11.5 Å². The van der Waals surface area contributed by atoms with Crippen molar-refractivity contribution >= 4 is 0 Å². The molecule has 3 rings (SSSR count). The molecule has 2 heteroatoms. The molecule has 0 aromatic heterocycles. The predicted molar refractivity (Wildman–Crippen MR) is 87.4 cm³/mol. The second-order valence-electron chi connectivity index (χ2n) is 5.66. The van der Waals surface area contributed by atoms with Crippen molar-refractivity contribution in [2.75, 3.05) is 13.6 Å². The van der Waals surface area contributed by atoms with Crippen molar-refractivity contribution < 1.29 is 4.74 Å². The van der Waals surface area contributed by atoms with Gasteiger partial charge < -0.3 is 4.74 Å². The van der Waals surface area contributed by atoms with Crippen LogP contribution in [-0.4, -0.2) is 18.5 Å². The topological polar surface area (TPSA) is 12.5 Å². The van der Waals surface area contributed by atoms with E-state index < -0.39 is 0 Å². The van der Waals surface area contributed by atoms with Gasteiger partial charge in [0.05, 0.1) is 6.04 Å². The SMILES string of the molecule is C=C1/C=C\C=C/Cc2ccc(C)c(C3C=CCN3C)c2O1. The van der Waals surface area contributed by atoms with Crippen LogP contribution in [0.4, 0.5) is 0 Å². The fourth-order valence-corrected chi connectivity index (χ4v) is 2.93. The quantitative estimate of drug-likeness (QED) is 0.718. The minimum absolute atomic E-state index is 0.279. The van der Waals surface area contributed by atoms with Gasteiger partial charge in [-0.25, -0.2) is 0 Å². The summed E-state index contributed by atoms with van der Waals surface area (Å²) in [6, 6.07) is 4.64. The maximum atomic E-state index is 6.11. The highest BCUT2D eigenvalue weighted by Gasteiger charge is 2.25. The van der Waals surface area contributed by atoms with Crippen LogP contribution in [0.25, 0.3) is 0 Å². The highest BCUT2D eigenvalue weighted by atomic mass is 16.5. The zero-order valence-electron chi connectivity index (χ0n) is 12.7. The summed E-state index contributed by atoms with van der Waals surface area (Å²) in [5.74, 6) is 1.65. The number of allylic oxidation sites excluding steroid dienone is 4. The summed E-state index contributed by atoms with van der Waals surface area (Å²) in [5.41, 5.74) is 3.73. The van der Waals surface area contributed by atoms with E-state index in [9.17, 15) is 0 Å². The van der Waals surface area contributed by atoms with Crippen LogP contribution in [0.1, 0.15) is 22.7 Å². The summed E-state index contributed by atoms with van der Waals surface area (Å²) in [7, 11) is 2.15. The van der Waals surface area contributed by atoms with Gasteiger partial charge in [-0.05, 0) is 37.6 Å². The molecule has 108 valence electrons. The molecule has 0 amide bonds. The van der Waals surface area contributed by atoms with Crippen molar-refractivity contribution in [2.24, 2.45) is 0 Å². The minimum Gasteiger partial charge on any atom is -0.457 e. The molecule has 0 bridgehead atoms. The molecule has 0 spiro atoms. The van der Waals surface area contributed by atoms with E-state index in [0.717, 1.165) is 18.7 Å². The van der Waals surface area contributed by atoms with Crippen LogP contribution in [-0.2, 0) is 6.42 Å². The Morgan fingerprint density at radius 1 is 1.24 bits per heavy atom. The minimum atomic E-state index is 0.279. The predicted octanol–water partition coefficient (Wildman–Crippen LogP) is 4.10. The van der Waals surface area contributed by atoms with Gasteiger partial charge in [-0.2, -0.15) is 0 Å². The highest BCUT2D eigenvalue weighted by molar-refractivity contribution is 5.52. The van der Waals surface area contributed by atoms with E-state index >= 15 is 0 Å². The number of hydrogen-bond acceptors (Lipinski definition) is 2. The lowest BCUT2D eigenvalue weighted by Gasteiger charge is -2.25. The second kappa shape index (κ2) is 5.74. The van der Waals surface area contributed by atoms with Crippen LogP contribution < -0.4 is 4.74 Å². The molecule has 2 nitrogen and oxygen atoms in total. The second-order valence-corrected chi connectivity index (χ2v) is 5.66. The van der Waals surface area contributed by atoms with Gasteiger partial charge in [-0.15, -0.1) is 0 Å². The van der Waals surface area contributed by atoms with Gasteiger partial charge in [-0.3, -0.25) is 4.90 Å². The average Bonchev–Trinajstić information content (AvgIpc) is 2.89. The van der Waals surface area contributed by atoms with Crippen molar-refractivity contribution in [1.82, 2.24) is 4.90 Å². The lowest BCUT2D eigenvalue weighted by atomic mass is 9.95. The van der Waals surface area contributed by atoms with Crippen LogP contribution >= 0.6 is 0 Å². The van der Waals surface area contributed by atoms with Crippen molar-refractivity contribution in [1.29, 1.82) is 0 Å². The van der Waals surface area contributed by atoms with Gasteiger partial charge in [0, 0.05) is 12.1 Å². The van der Waals surface area contributed by atoms with Crippen LogP contribution in [0.5, 0.6) is 5.75 Å². The van der Waals surface area contributed by atoms with E-state index in [1.54, 1.807) is 0 Å². The molecule has 1 atom stereocenters.